The normalized spacial score (nSPS) is 15.9. The molecule has 8 nitrogen and oxygen atoms in total. The number of aromatic amines is 1. The van der Waals surface area contributed by atoms with Crippen LogP contribution in [0, 0.1) is 0 Å². The first-order valence-corrected chi connectivity index (χ1v) is 7.11. The van der Waals surface area contributed by atoms with Crippen molar-refractivity contribution in [3.63, 3.8) is 0 Å². The van der Waals surface area contributed by atoms with Crippen molar-refractivity contribution in [2.45, 2.75) is 0 Å². The number of nitrogens with one attached hydrogen (secondary N) is 2. The van der Waals surface area contributed by atoms with Gasteiger partial charge in [0.2, 0.25) is 11.9 Å². The predicted molar refractivity (Wildman–Crippen MR) is 85.4 cm³/mol. The summed E-state index contributed by atoms with van der Waals surface area (Å²) in [6.45, 7) is 3.21. The van der Waals surface area contributed by atoms with E-state index in [4.69, 9.17) is 10.5 Å². The number of hydrogen-bond donors (Lipinski definition) is 3. The molecule has 1 aromatic heterocycles. The Balaban J connectivity index is 1.72. The van der Waals surface area contributed by atoms with Gasteiger partial charge in [-0.15, -0.1) is 5.10 Å². The minimum absolute atomic E-state index is 0.284. The second kappa shape index (κ2) is 6.44. The molecule has 1 aromatic carbocycles. The number of hydrogen-bond acceptors (Lipinski definition) is 6. The van der Waals surface area contributed by atoms with Crippen LogP contribution in [0.4, 0.5) is 17.6 Å². The molecule has 1 fully saturated rings. The number of rotatable bonds is 3. The molecule has 0 unspecified atom stereocenters. The Morgan fingerprint density at radius 2 is 2.05 bits per heavy atom. The summed E-state index contributed by atoms with van der Waals surface area (Å²) in [5.41, 5.74) is 7.46. The van der Waals surface area contributed by atoms with Gasteiger partial charge in [-0.25, -0.2) is 5.10 Å². The van der Waals surface area contributed by atoms with Crippen LogP contribution in [0.2, 0.25) is 0 Å². The van der Waals surface area contributed by atoms with Gasteiger partial charge in [0.1, 0.15) is 5.84 Å². The standard InChI is InChI=1S/C14H19N7O/c1-16-12(21-6-8-22-9-7-21)10-2-4-11(5-3-10)17-14-18-13(15)19-20-14/h2-5H,6-9H2,1H3,(H4,15,17,18,19,20). The van der Waals surface area contributed by atoms with E-state index in [9.17, 15) is 0 Å². The molecule has 116 valence electrons. The Bertz CT molecular complexity index is 643. The topological polar surface area (TPSA) is 104 Å². The van der Waals surface area contributed by atoms with E-state index in [2.05, 4.69) is 30.4 Å². The van der Waals surface area contributed by atoms with Gasteiger partial charge >= 0.3 is 0 Å². The van der Waals surface area contributed by atoms with Crippen LogP contribution in [0.25, 0.3) is 0 Å². The highest BCUT2D eigenvalue weighted by molar-refractivity contribution is 5.99. The molecule has 0 amide bonds. The molecule has 0 spiro atoms. The van der Waals surface area contributed by atoms with E-state index >= 15 is 0 Å². The number of nitrogens with zero attached hydrogens (tertiary/aromatic N) is 4. The fraction of sp³-hybridized carbons (Fsp3) is 0.357. The van der Waals surface area contributed by atoms with Crippen molar-refractivity contribution in [1.82, 2.24) is 20.1 Å². The van der Waals surface area contributed by atoms with Gasteiger partial charge in [0.05, 0.1) is 13.2 Å². The molecule has 0 radical (unpaired) electrons. The molecule has 3 rings (SSSR count). The number of nitrogen functional groups attached to an aromatic ring is 1. The average Bonchev–Trinajstić information content (AvgIpc) is 2.96. The van der Waals surface area contributed by atoms with Crippen LogP contribution in [0.3, 0.4) is 0 Å². The molecule has 22 heavy (non-hydrogen) atoms. The number of amidine groups is 1. The number of aliphatic imine (C=N–C) groups is 1. The van der Waals surface area contributed by atoms with E-state index in [0.717, 1.165) is 43.4 Å². The maximum Gasteiger partial charge on any atom is 0.248 e. The molecular weight excluding hydrogens is 282 g/mol. The van der Waals surface area contributed by atoms with Crippen LogP contribution >= 0.6 is 0 Å². The van der Waals surface area contributed by atoms with Crippen molar-refractivity contribution >= 4 is 23.4 Å². The summed E-state index contributed by atoms with van der Waals surface area (Å²) in [4.78, 5) is 10.7. The van der Waals surface area contributed by atoms with Gasteiger partial charge in [-0.3, -0.25) is 4.99 Å². The average molecular weight is 301 g/mol. The lowest BCUT2D eigenvalue weighted by Crippen LogP contribution is -2.41. The zero-order valence-corrected chi connectivity index (χ0v) is 12.4. The predicted octanol–water partition coefficient (Wildman–Crippen LogP) is 0.839. The van der Waals surface area contributed by atoms with Crippen LogP contribution in [-0.2, 0) is 4.74 Å². The summed E-state index contributed by atoms with van der Waals surface area (Å²) in [5, 5.41) is 9.61. The summed E-state index contributed by atoms with van der Waals surface area (Å²) >= 11 is 0. The first-order valence-electron chi connectivity index (χ1n) is 7.11. The number of H-pyrrole nitrogens is 1. The molecule has 0 aliphatic carbocycles. The third kappa shape index (κ3) is 3.17. The Morgan fingerprint density at radius 3 is 2.64 bits per heavy atom. The smallest absolute Gasteiger partial charge is 0.248 e. The third-order valence-corrected chi connectivity index (χ3v) is 3.42. The minimum atomic E-state index is 0.284. The van der Waals surface area contributed by atoms with Gasteiger partial charge in [0.15, 0.2) is 0 Å². The fourth-order valence-corrected chi connectivity index (χ4v) is 2.39. The van der Waals surface area contributed by atoms with Crippen molar-refractivity contribution in [1.29, 1.82) is 0 Å². The molecule has 8 heteroatoms. The van der Waals surface area contributed by atoms with E-state index in [0.29, 0.717) is 5.95 Å². The molecule has 1 aliphatic rings. The summed E-state index contributed by atoms with van der Waals surface area (Å²) in [5.74, 6) is 1.71. The summed E-state index contributed by atoms with van der Waals surface area (Å²) in [6.07, 6.45) is 0. The van der Waals surface area contributed by atoms with Crippen molar-refractivity contribution < 1.29 is 4.74 Å². The van der Waals surface area contributed by atoms with Crippen LogP contribution < -0.4 is 11.1 Å². The summed E-state index contributed by atoms with van der Waals surface area (Å²) in [6, 6.07) is 7.98. The lowest BCUT2D eigenvalue weighted by Gasteiger charge is -2.29. The Kier molecular flexibility index (Phi) is 4.19. The van der Waals surface area contributed by atoms with Crippen LogP contribution in [0.15, 0.2) is 29.3 Å². The lowest BCUT2D eigenvalue weighted by atomic mass is 10.1. The van der Waals surface area contributed by atoms with Crippen LogP contribution in [-0.4, -0.2) is 59.3 Å². The highest BCUT2D eigenvalue weighted by Gasteiger charge is 2.16. The number of nitrogens with two attached hydrogens (primary N) is 1. The first kappa shape index (κ1) is 14.3. The summed E-state index contributed by atoms with van der Waals surface area (Å²) in [7, 11) is 1.81. The van der Waals surface area contributed by atoms with E-state index in [1.807, 2.05) is 31.3 Å². The number of ether oxygens (including phenoxy) is 1. The largest absolute Gasteiger partial charge is 0.378 e. The number of benzene rings is 1. The maximum absolute atomic E-state index is 5.50. The SMILES string of the molecule is CN=C(c1ccc(Nc2n[nH]c(N)n2)cc1)N1CCOCC1. The molecule has 0 saturated carbocycles. The molecule has 0 atom stereocenters. The maximum atomic E-state index is 5.50. The Hall–Kier alpha value is -2.61. The zero-order chi connectivity index (χ0) is 15.4. The molecular formula is C14H19N7O. The van der Waals surface area contributed by atoms with Crippen molar-refractivity contribution in [3.05, 3.63) is 29.8 Å². The van der Waals surface area contributed by atoms with Gasteiger partial charge in [0, 0.05) is 31.4 Å². The summed E-state index contributed by atoms with van der Waals surface area (Å²) < 4.78 is 5.38. The van der Waals surface area contributed by atoms with Crippen molar-refractivity contribution in [2.75, 3.05) is 44.4 Å². The van der Waals surface area contributed by atoms with Gasteiger partial charge in [-0.2, -0.15) is 4.98 Å². The van der Waals surface area contributed by atoms with E-state index < -0.39 is 0 Å². The number of anilines is 3. The van der Waals surface area contributed by atoms with Gasteiger partial charge in [-0.1, -0.05) is 0 Å². The monoisotopic (exact) mass is 301 g/mol. The van der Waals surface area contributed by atoms with Gasteiger partial charge in [0.25, 0.3) is 0 Å². The van der Waals surface area contributed by atoms with E-state index in [1.165, 1.54) is 0 Å². The van der Waals surface area contributed by atoms with Crippen LogP contribution in [0.1, 0.15) is 5.56 Å². The van der Waals surface area contributed by atoms with Gasteiger partial charge in [-0.05, 0) is 24.3 Å². The number of morpholine rings is 1. The molecule has 2 aromatic rings. The molecule has 0 bridgehead atoms. The molecule has 1 aliphatic heterocycles. The second-order valence-corrected chi connectivity index (χ2v) is 4.89. The highest BCUT2D eigenvalue weighted by Crippen LogP contribution is 2.16. The first-order chi connectivity index (χ1) is 10.8. The van der Waals surface area contributed by atoms with Crippen molar-refractivity contribution in [3.8, 4) is 0 Å². The molecule has 1 saturated heterocycles. The van der Waals surface area contributed by atoms with E-state index in [1.54, 1.807) is 0 Å². The quantitative estimate of drug-likeness (QED) is 0.573. The fourth-order valence-electron chi connectivity index (χ4n) is 2.39. The Labute approximate surface area is 128 Å². The van der Waals surface area contributed by atoms with Crippen LogP contribution in [0.5, 0.6) is 0 Å². The lowest BCUT2D eigenvalue weighted by molar-refractivity contribution is 0.0682. The number of aromatic nitrogens is 3. The van der Waals surface area contributed by atoms with Gasteiger partial charge < -0.3 is 20.7 Å². The Morgan fingerprint density at radius 1 is 1.32 bits per heavy atom. The van der Waals surface area contributed by atoms with E-state index in [-0.39, 0.29) is 5.95 Å². The zero-order valence-electron chi connectivity index (χ0n) is 12.4. The van der Waals surface area contributed by atoms with Crippen molar-refractivity contribution in [2.24, 2.45) is 4.99 Å². The molecule has 2 heterocycles. The highest BCUT2D eigenvalue weighted by atomic mass is 16.5. The molecule has 4 N–H and O–H groups in total. The minimum Gasteiger partial charge on any atom is -0.378 e. The second-order valence-electron chi connectivity index (χ2n) is 4.89. The third-order valence-electron chi connectivity index (χ3n) is 3.42.